The molecule has 0 saturated carbocycles. The van der Waals surface area contributed by atoms with Gasteiger partial charge in [-0.3, -0.25) is 0 Å². The molecule has 56 valence electrons. The Labute approximate surface area is 59.6 Å². The Morgan fingerprint density at radius 3 is 2.80 bits per heavy atom. The zero-order chi connectivity index (χ0) is 7.56. The Hall–Kier alpha value is -0.960. The first kappa shape index (κ1) is 7.15. The molecule has 1 aliphatic rings. The Morgan fingerprint density at radius 1 is 1.70 bits per heavy atom. The minimum atomic E-state index is -0.654. The van der Waals surface area contributed by atoms with Gasteiger partial charge >= 0.3 is 0 Å². The maximum absolute atomic E-state index is 9.19. The van der Waals surface area contributed by atoms with Crippen molar-refractivity contribution in [1.29, 1.82) is 0 Å². The van der Waals surface area contributed by atoms with Crippen LogP contribution >= 0.6 is 0 Å². The summed E-state index contributed by atoms with van der Waals surface area (Å²) in [6, 6.07) is 0. The van der Waals surface area contributed by atoms with Crippen molar-refractivity contribution in [3.63, 3.8) is 0 Å². The predicted molar refractivity (Wildman–Crippen MR) is 35.9 cm³/mol. The molecule has 10 heavy (non-hydrogen) atoms. The molecule has 0 aromatic carbocycles. The Morgan fingerprint density at radius 2 is 2.40 bits per heavy atom. The SMILES string of the molecule is COC1=C(C)OC=CC1O. The van der Waals surface area contributed by atoms with Crippen molar-refractivity contribution in [3.8, 4) is 0 Å². The highest BCUT2D eigenvalue weighted by atomic mass is 16.5. The van der Waals surface area contributed by atoms with Crippen LogP contribution in [0.5, 0.6) is 0 Å². The van der Waals surface area contributed by atoms with E-state index in [1.807, 2.05) is 0 Å². The number of rotatable bonds is 1. The first-order chi connectivity index (χ1) is 4.75. The molecule has 0 bridgehead atoms. The third-order valence-electron chi connectivity index (χ3n) is 1.34. The van der Waals surface area contributed by atoms with E-state index in [1.54, 1.807) is 6.92 Å². The van der Waals surface area contributed by atoms with Gasteiger partial charge in [-0.1, -0.05) is 0 Å². The summed E-state index contributed by atoms with van der Waals surface area (Å²) in [6.45, 7) is 1.74. The molecular weight excluding hydrogens is 132 g/mol. The normalized spacial score (nSPS) is 24.5. The zero-order valence-electron chi connectivity index (χ0n) is 6.00. The third kappa shape index (κ3) is 1.14. The summed E-state index contributed by atoms with van der Waals surface area (Å²) in [6.07, 6.45) is 2.31. The minimum Gasteiger partial charge on any atom is -0.494 e. The number of aliphatic hydroxyl groups excluding tert-OH is 1. The fourth-order valence-corrected chi connectivity index (χ4v) is 0.834. The van der Waals surface area contributed by atoms with Crippen LogP contribution in [0.1, 0.15) is 6.92 Å². The molecule has 0 aromatic heterocycles. The quantitative estimate of drug-likeness (QED) is 0.587. The number of hydrogen-bond donors (Lipinski definition) is 1. The van der Waals surface area contributed by atoms with Gasteiger partial charge in [0, 0.05) is 0 Å². The summed E-state index contributed by atoms with van der Waals surface area (Å²) in [4.78, 5) is 0. The Kier molecular flexibility index (Phi) is 1.97. The van der Waals surface area contributed by atoms with E-state index in [2.05, 4.69) is 0 Å². The summed E-state index contributed by atoms with van der Waals surface area (Å²) in [5, 5.41) is 9.19. The molecule has 1 heterocycles. The number of hydrogen-bond acceptors (Lipinski definition) is 3. The molecule has 0 spiro atoms. The van der Waals surface area contributed by atoms with E-state index in [-0.39, 0.29) is 0 Å². The fraction of sp³-hybridized carbons (Fsp3) is 0.429. The van der Waals surface area contributed by atoms with Crippen LogP contribution in [0.4, 0.5) is 0 Å². The van der Waals surface area contributed by atoms with Crippen LogP contribution in [-0.2, 0) is 9.47 Å². The first-order valence-electron chi connectivity index (χ1n) is 3.02. The largest absolute Gasteiger partial charge is 0.494 e. The Balaban J connectivity index is 2.78. The minimum absolute atomic E-state index is 0.475. The second kappa shape index (κ2) is 2.75. The third-order valence-corrected chi connectivity index (χ3v) is 1.34. The summed E-state index contributed by atoms with van der Waals surface area (Å²) in [5.41, 5.74) is 0. The van der Waals surface area contributed by atoms with Gasteiger partial charge in [-0.05, 0) is 13.0 Å². The van der Waals surface area contributed by atoms with Gasteiger partial charge in [0.1, 0.15) is 11.9 Å². The summed E-state index contributed by atoms with van der Waals surface area (Å²) in [5.74, 6) is 1.08. The molecule has 0 radical (unpaired) electrons. The van der Waals surface area contributed by atoms with Gasteiger partial charge in [-0.25, -0.2) is 0 Å². The molecule has 1 N–H and O–H groups in total. The smallest absolute Gasteiger partial charge is 0.166 e. The average Bonchev–Trinajstić information content (AvgIpc) is 1.88. The topological polar surface area (TPSA) is 38.7 Å². The second-order valence-electron chi connectivity index (χ2n) is 2.02. The fourth-order valence-electron chi connectivity index (χ4n) is 0.834. The van der Waals surface area contributed by atoms with Crippen molar-refractivity contribution in [1.82, 2.24) is 0 Å². The average molecular weight is 142 g/mol. The highest BCUT2D eigenvalue weighted by molar-refractivity contribution is 5.15. The van der Waals surface area contributed by atoms with Crippen LogP contribution in [0, 0.1) is 0 Å². The molecule has 3 nitrogen and oxygen atoms in total. The molecule has 0 fully saturated rings. The van der Waals surface area contributed by atoms with Crippen LogP contribution in [0.3, 0.4) is 0 Å². The highest BCUT2D eigenvalue weighted by Crippen LogP contribution is 2.16. The summed E-state index contributed by atoms with van der Waals surface area (Å²) >= 11 is 0. The number of aliphatic hydroxyl groups is 1. The van der Waals surface area contributed by atoms with Gasteiger partial charge in [0.15, 0.2) is 5.76 Å². The van der Waals surface area contributed by atoms with Crippen molar-refractivity contribution < 1.29 is 14.6 Å². The monoisotopic (exact) mass is 142 g/mol. The lowest BCUT2D eigenvalue weighted by atomic mass is 10.2. The zero-order valence-corrected chi connectivity index (χ0v) is 6.00. The van der Waals surface area contributed by atoms with E-state index in [1.165, 1.54) is 19.4 Å². The van der Waals surface area contributed by atoms with E-state index in [0.717, 1.165) is 0 Å². The van der Waals surface area contributed by atoms with Gasteiger partial charge in [0.25, 0.3) is 0 Å². The van der Waals surface area contributed by atoms with Gasteiger partial charge in [0.2, 0.25) is 0 Å². The van der Waals surface area contributed by atoms with Crippen molar-refractivity contribution in [2.45, 2.75) is 13.0 Å². The first-order valence-corrected chi connectivity index (χ1v) is 3.02. The predicted octanol–water partition coefficient (Wildman–Crippen LogP) is 0.769. The van der Waals surface area contributed by atoms with Crippen LogP contribution in [-0.4, -0.2) is 18.3 Å². The van der Waals surface area contributed by atoms with Crippen molar-refractivity contribution in [3.05, 3.63) is 23.9 Å². The standard InChI is InChI=1S/C7H10O3/c1-5-7(9-2)6(8)3-4-10-5/h3-4,6,8H,1-2H3. The molecule has 0 amide bonds. The maximum atomic E-state index is 9.19. The van der Waals surface area contributed by atoms with Crippen LogP contribution in [0.15, 0.2) is 23.9 Å². The lowest BCUT2D eigenvalue weighted by Crippen LogP contribution is -2.14. The van der Waals surface area contributed by atoms with E-state index >= 15 is 0 Å². The lowest BCUT2D eigenvalue weighted by Gasteiger charge is -2.16. The van der Waals surface area contributed by atoms with E-state index in [4.69, 9.17) is 9.47 Å². The van der Waals surface area contributed by atoms with Gasteiger partial charge in [-0.15, -0.1) is 0 Å². The molecule has 0 aromatic rings. The molecule has 0 aliphatic carbocycles. The van der Waals surface area contributed by atoms with Gasteiger partial charge in [0.05, 0.1) is 13.4 Å². The van der Waals surface area contributed by atoms with E-state index in [9.17, 15) is 5.11 Å². The Bertz CT molecular complexity index is 181. The van der Waals surface area contributed by atoms with Crippen LogP contribution in [0.2, 0.25) is 0 Å². The highest BCUT2D eigenvalue weighted by Gasteiger charge is 2.15. The number of ether oxygens (including phenoxy) is 2. The van der Waals surface area contributed by atoms with Crippen LogP contribution < -0.4 is 0 Å². The number of allylic oxidation sites excluding steroid dienone is 1. The molecule has 0 saturated heterocycles. The molecule has 1 unspecified atom stereocenters. The molecular formula is C7H10O3. The molecule has 1 rings (SSSR count). The van der Waals surface area contributed by atoms with Gasteiger partial charge in [-0.2, -0.15) is 0 Å². The number of methoxy groups -OCH3 is 1. The van der Waals surface area contributed by atoms with Crippen molar-refractivity contribution >= 4 is 0 Å². The van der Waals surface area contributed by atoms with E-state index in [0.29, 0.717) is 11.5 Å². The summed E-state index contributed by atoms with van der Waals surface area (Å²) < 4.78 is 9.83. The molecule has 3 heteroatoms. The lowest BCUT2D eigenvalue weighted by molar-refractivity contribution is 0.128. The van der Waals surface area contributed by atoms with Gasteiger partial charge < -0.3 is 14.6 Å². The molecule has 1 atom stereocenters. The maximum Gasteiger partial charge on any atom is 0.166 e. The van der Waals surface area contributed by atoms with Crippen molar-refractivity contribution in [2.24, 2.45) is 0 Å². The second-order valence-corrected chi connectivity index (χ2v) is 2.02. The van der Waals surface area contributed by atoms with E-state index < -0.39 is 6.10 Å². The van der Waals surface area contributed by atoms with Crippen LogP contribution in [0.25, 0.3) is 0 Å². The molecule has 1 aliphatic heterocycles. The van der Waals surface area contributed by atoms with Crippen molar-refractivity contribution in [2.75, 3.05) is 7.11 Å². The summed E-state index contributed by atoms with van der Waals surface area (Å²) in [7, 11) is 1.50.